The monoisotopic (exact) mass is 466 g/mol. The molecule has 1 unspecified atom stereocenters. The Morgan fingerprint density at radius 3 is 2.78 bits per heavy atom. The lowest BCUT2D eigenvalue weighted by Crippen LogP contribution is -2.09. The van der Waals surface area contributed by atoms with Gasteiger partial charge in [0.15, 0.2) is 0 Å². The summed E-state index contributed by atoms with van der Waals surface area (Å²) in [5.41, 5.74) is 7.68. The molecule has 1 aliphatic heterocycles. The highest BCUT2D eigenvalue weighted by atomic mass is 127. The SMILES string of the molecule is O=C1Nc2ccc(I)cc2C1=Cc1cc2c([nH]1)CCCC2c1ccccc1. The van der Waals surface area contributed by atoms with E-state index >= 15 is 0 Å². The number of amides is 1. The largest absolute Gasteiger partial charge is 0.359 e. The van der Waals surface area contributed by atoms with Crippen molar-refractivity contribution in [2.45, 2.75) is 25.2 Å². The lowest BCUT2D eigenvalue weighted by Gasteiger charge is -2.22. The van der Waals surface area contributed by atoms with Crippen LogP contribution in [0.4, 0.5) is 5.69 Å². The molecule has 1 aromatic heterocycles. The first kappa shape index (κ1) is 16.8. The molecule has 0 radical (unpaired) electrons. The van der Waals surface area contributed by atoms with Crippen molar-refractivity contribution in [3.8, 4) is 0 Å². The third-order valence-corrected chi connectivity index (χ3v) is 6.19. The molecule has 2 aromatic carbocycles. The van der Waals surface area contributed by atoms with Crippen molar-refractivity contribution in [2.24, 2.45) is 0 Å². The molecule has 2 aliphatic rings. The van der Waals surface area contributed by atoms with Crippen molar-refractivity contribution in [1.82, 2.24) is 4.98 Å². The second-order valence-corrected chi connectivity index (χ2v) is 8.46. The highest BCUT2D eigenvalue weighted by molar-refractivity contribution is 14.1. The van der Waals surface area contributed by atoms with Crippen LogP contribution in [0, 0.1) is 3.57 Å². The molecule has 0 fully saturated rings. The van der Waals surface area contributed by atoms with Gasteiger partial charge in [-0.05, 0) is 83.3 Å². The van der Waals surface area contributed by atoms with Crippen molar-refractivity contribution in [3.63, 3.8) is 0 Å². The maximum atomic E-state index is 12.5. The molecule has 2 heterocycles. The van der Waals surface area contributed by atoms with E-state index in [1.54, 1.807) is 0 Å². The van der Waals surface area contributed by atoms with E-state index in [9.17, 15) is 4.79 Å². The Balaban J connectivity index is 1.55. The van der Waals surface area contributed by atoms with Crippen molar-refractivity contribution < 1.29 is 4.79 Å². The Labute approximate surface area is 172 Å². The first-order chi connectivity index (χ1) is 13.2. The predicted molar refractivity (Wildman–Crippen MR) is 118 cm³/mol. The zero-order valence-corrected chi connectivity index (χ0v) is 16.9. The molecular weight excluding hydrogens is 447 g/mol. The van der Waals surface area contributed by atoms with Gasteiger partial charge in [-0.3, -0.25) is 4.79 Å². The molecule has 0 spiro atoms. The molecule has 4 heteroatoms. The van der Waals surface area contributed by atoms with E-state index in [4.69, 9.17) is 0 Å². The summed E-state index contributed by atoms with van der Waals surface area (Å²) in [6.45, 7) is 0. The smallest absolute Gasteiger partial charge is 0.256 e. The molecule has 5 rings (SSSR count). The standard InChI is InChI=1S/C23H19IN2O/c24-15-9-10-22-18(11-15)20(23(27)26-22)13-16-12-19-17(7-4-8-21(19)25-16)14-5-2-1-3-6-14/h1-3,5-6,9-13,17,25H,4,7-8H2,(H,26,27). The van der Waals surface area contributed by atoms with Gasteiger partial charge in [-0.1, -0.05) is 30.3 Å². The van der Waals surface area contributed by atoms with Crippen LogP contribution < -0.4 is 5.32 Å². The second-order valence-electron chi connectivity index (χ2n) is 7.22. The Morgan fingerprint density at radius 1 is 1.07 bits per heavy atom. The molecule has 3 aromatic rings. The van der Waals surface area contributed by atoms with Crippen LogP contribution in [-0.2, 0) is 11.2 Å². The van der Waals surface area contributed by atoms with Crippen LogP contribution >= 0.6 is 22.6 Å². The molecule has 2 N–H and O–H groups in total. The Morgan fingerprint density at radius 2 is 1.93 bits per heavy atom. The van der Waals surface area contributed by atoms with Crippen molar-refractivity contribution >= 4 is 45.8 Å². The maximum absolute atomic E-state index is 12.5. The Kier molecular flexibility index (Phi) is 4.16. The maximum Gasteiger partial charge on any atom is 0.256 e. The number of anilines is 1. The van der Waals surface area contributed by atoms with E-state index in [-0.39, 0.29) is 5.91 Å². The number of fused-ring (bicyclic) bond motifs is 2. The highest BCUT2D eigenvalue weighted by Gasteiger charge is 2.26. The lowest BCUT2D eigenvalue weighted by molar-refractivity contribution is -0.110. The molecule has 1 atom stereocenters. The normalized spacial score (nSPS) is 19.7. The van der Waals surface area contributed by atoms with Crippen LogP contribution in [0.25, 0.3) is 11.6 Å². The van der Waals surface area contributed by atoms with Gasteiger partial charge in [0.2, 0.25) is 0 Å². The number of hydrogen-bond donors (Lipinski definition) is 2. The minimum atomic E-state index is -0.0285. The molecule has 0 saturated carbocycles. The van der Waals surface area contributed by atoms with Gasteiger partial charge >= 0.3 is 0 Å². The van der Waals surface area contributed by atoms with E-state index in [1.165, 1.54) is 29.7 Å². The number of rotatable bonds is 2. The van der Waals surface area contributed by atoms with Crippen LogP contribution in [0.5, 0.6) is 0 Å². The van der Waals surface area contributed by atoms with Crippen LogP contribution in [0.2, 0.25) is 0 Å². The molecule has 1 aliphatic carbocycles. The molecule has 0 saturated heterocycles. The number of aromatic amines is 1. The number of nitrogens with one attached hydrogen (secondary N) is 2. The number of carbonyl (C=O) groups excluding carboxylic acids is 1. The second kappa shape index (κ2) is 6.68. The van der Waals surface area contributed by atoms with Crippen LogP contribution in [0.15, 0.2) is 54.6 Å². The topological polar surface area (TPSA) is 44.9 Å². The number of halogens is 1. The van der Waals surface area contributed by atoms with E-state index in [2.05, 4.69) is 75.4 Å². The van der Waals surface area contributed by atoms with Gasteiger partial charge < -0.3 is 10.3 Å². The summed E-state index contributed by atoms with van der Waals surface area (Å²) in [6.07, 6.45) is 5.43. The van der Waals surface area contributed by atoms with Gasteiger partial charge in [0, 0.05) is 32.1 Å². The molecular formula is C23H19IN2O. The minimum absolute atomic E-state index is 0.0285. The first-order valence-electron chi connectivity index (χ1n) is 9.29. The van der Waals surface area contributed by atoms with Crippen molar-refractivity contribution in [1.29, 1.82) is 0 Å². The van der Waals surface area contributed by atoms with Crippen LogP contribution in [-0.4, -0.2) is 10.9 Å². The van der Waals surface area contributed by atoms with E-state index in [0.717, 1.165) is 32.5 Å². The molecule has 134 valence electrons. The fourth-order valence-corrected chi connectivity index (χ4v) is 4.75. The average molecular weight is 466 g/mol. The third kappa shape index (κ3) is 3.02. The summed E-state index contributed by atoms with van der Waals surface area (Å²) in [6, 6.07) is 19.0. The predicted octanol–water partition coefficient (Wildman–Crippen LogP) is 5.58. The van der Waals surface area contributed by atoms with Crippen molar-refractivity contribution in [2.75, 3.05) is 5.32 Å². The third-order valence-electron chi connectivity index (χ3n) is 5.52. The van der Waals surface area contributed by atoms with E-state index < -0.39 is 0 Å². The van der Waals surface area contributed by atoms with Gasteiger partial charge in [-0.25, -0.2) is 0 Å². The summed E-state index contributed by atoms with van der Waals surface area (Å²) in [5, 5.41) is 2.97. The number of H-pyrrole nitrogens is 1. The number of aromatic nitrogens is 1. The van der Waals surface area contributed by atoms with Gasteiger partial charge in [0.25, 0.3) is 5.91 Å². The van der Waals surface area contributed by atoms with Gasteiger partial charge in [0.05, 0.1) is 5.57 Å². The highest BCUT2D eigenvalue weighted by Crippen LogP contribution is 2.39. The molecule has 3 nitrogen and oxygen atoms in total. The number of aryl methyl sites for hydroxylation is 1. The number of benzene rings is 2. The summed E-state index contributed by atoms with van der Waals surface area (Å²) in [5.74, 6) is 0.406. The quantitative estimate of drug-likeness (QED) is 0.376. The van der Waals surface area contributed by atoms with Gasteiger partial charge in [-0.2, -0.15) is 0 Å². The summed E-state index contributed by atoms with van der Waals surface area (Å²) >= 11 is 2.29. The van der Waals surface area contributed by atoms with Gasteiger partial charge in [0.1, 0.15) is 0 Å². The van der Waals surface area contributed by atoms with E-state index in [0.29, 0.717) is 5.92 Å². The zero-order valence-electron chi connectivity index (χ0n) is 14.8. The molecule has 0 bridgehead atoms. The molecule has 27 heavy (non-hydrogen) atoms. The zero-order chi connectivity index (χ0) is 18.4. The van der Waals surface area contributed by atoms with E-state index in [1.807, 2.05) is 18.2 Å². The Bertz CT molecular complexity index is 1070. The lowest BCUT2D eigenvalue weighted by atomic mass is 9.82. The summed E-state index contributed by atoms with van der Waals surface area (Å²) in [4.78, 5) is 16.0. The Hall–Kier alpha value is -2.34. The minimum Gasteiger partial charge on any atom is -0.359 e. The number of carbonyl (C=O) groups is 1. The average Bonchev–Trinajstić information content (AvgIpc) is 3.23. The van der Waals surface area contributed by atoms with Crippen molar-refractivity contribution in [3.05, 3.63) is 86.2 Å². The summed E-state index contributed by atoms with van der Waals surface area (Å²) in [7, 11) is 0. The van der Waals surface area contributed by atoms with Gasteiger partial charge in [-0.15, -0.1) is 0 Å². The number of hydrogen-bond acceptors (Lipinski definition) is 1. The van der Waals surface area contributed by atoms with Crippen LogP contribution in [0.1, 0.15) is 46.8 Å². The fraction of sp³-hybridized carbons (Fsp3) is 0.174. The summed E-state index contributed by atoms with van der Waals surface area (Å²) < 4.78 is 1.13. The fourth-order valence-electron chi connectivity index (χ4n) is 4.26. The molecule has 1 amide bonds. The van der Waals surface area contributed by atoms with Crippen LogP contribution in [0.3, 0.4) is 0 Å². The first-order valence-corrected chi connectivity index (χ1v) is 10.4.